The van der Waals surface area contributed by atoms with E-state index >= 15 is 0 Å². The summed E-state index contributed by atoms with van der Waals surface area (Å²) in [6.07, 6.45) is 0.520. The Morgan fingerprint density at radius 2 is 2.38 bits per heavy atom. The molecule has 0 aromatic rings. The number of esters is 1. The van der Waals surface area contributed by atoms with E-state index in [4.69, 9.17) is 9.84 Å². The molecule has 0 aromatic heterocycles. The van der Waals surface area contributed by atoms with Crippen molar-refractivity contribution in [2.75, 3.05) is 6.61 Å². The van der Waals surface area contributed by atoms with E-state index in [1.54, 1.807) is 0 Å². The van der Waals surface area contributed by atoms with Crippen LogP contribution in [0.1, 0.15) is 26.2 Å². The molecule has 3 unspecified atom stereocenters. The van der Waals surface area contributed by atoms with Gasteiger partial charge in [0.1, 0.15) is 6.10 Å². The molecule has 3 atom stereocenters. The molecule has 1 fully saturated rings. The highest BCUT2D eigenvalue weighted by molar-refractivity contribution is 5.71. The van der Waals surface area contributed by atoms with Gasteiger partial charge in [-0.2, -0.15) is 0 Å². The number of aliphatic hydroxyl groups excluding tert-OH is 2. The van der Waals surface area contributed by atoms with Crippen LogP contribution in [-0.4, -0.2) is 35.0 Å². The Kier molecular flexibility index (Phi) is 3.69. The average Bonchev–Trinajstić information content (AvgIpc) is 2.51. The van der Waals surface area contributed by atoms with Gasteiger partial charge in [-0.05, 0) is 18.8 Å². The standard InChI is InChI=1S/C9H16O4/c1-6(4-5-10)9(12)7-2-3-8(11)13-7/h6-7,9-10,12H,2-5H2,1H3. The van der Waals surface area contributed by atoms with Crippen LogP contribution in [0.2, 0.25) is 0 Å². The average molecular weight is 188 g/mol. The van der Waals surface area contributed by atoms with Crippen LogP contribution >= 0.6 is 0 Å². The normalized spacial score (nSPS) is 27.0. The van der Waals surface area contributed by atoms with Gasteiger partial charge in [-0.1, -0.05) is 6.92 Å². The summed E-state index contributed by atoms with van der Waals surface area (Å²) in [6.45, 7) is 1.89. The summed E-state index contributed by atoms with van der Waals surface area (Å²) in [7, 11) is 0. The topological polar surface area (TPSA) is 66.8 Å². The van der Waals surface area contributed by atoms with Crippen LogP contribution in [0, 0.1) is 5.92 Å². The number of cyclic esters (lactones) is 1. The highest BCUT2D eigenvalue weighted by atomic mass is 16.6. The lowest BCUT2D eigenvalue weighted by Gasteiger charge is -2.22. The number of carbonyl (C=O) groups is 1. The smallest absolute Gasteiger partial charge is 0.306 e. The number of ether oxygens (including phenoxy) is 1. The molecule has 0 amide bonds. The van der Waals surface area contributed by atoms with Gasteiger partial charge in [-0.3, -0.25) is 4.79 Å². The highest BCUT2D eigenvalue weighted by Gasteiger charge is 2.32. The molecule has 2 N–H and O–H groups in total. The van der Waals surface area contributed by atoms with E-state index in [0.717, 1.165) is 0 Å². The summed E-state index contributed by atoms with van der Waals surface area (Å²) in [5, 5.41) is 18.3. The van der Waals surface area contributed by atoms with Crippen molar-refractivity contribution in [1.29, 1.82) is 0 Å². The molecule has 13 heavy (non-hydrogen) atoms. The molecule has 76 valence electrons. The third-order valence-electron chi connectivity index (χ3n) is 2.46. The van der Waals surface area contributed by atoms with Crippen molar-refractivity contribution in [3.8, 4) is 0 Å². The fourth-order valence-electron chi connectivity index (χ4n) is 1.53. The van der Waals surface area contributed by atoms with E-state index in [9.17, 15) is 9.90 Å². The second-order valence-electron chi connectivity index (χ2n) is 3.55. The van der Waals surface area contributed by atoms with E-state index in [2.05, 4.69) is 0 Å². The Hall–Kier alpha value is -0.610. The largest absolute Gasteiger partial charge is 0.460 e. The molecule has 0 bridgehead atoms. The summed E-state index contributed by atoms with van der Waals surface area (Å²) in [6, 6.07) is 0. The first kappa shape index (κ1) is 10.5. The van der Waals surface area contributed by atoms with Crippen molar-refractivity contribution in [2.45, 2.75) is 38.4 Å². The minimum absolute atomic E-state index is 0.0269. The molecular formula is C9H16O4. The van der Waals surface area contributed by atoms with Crippen LogP contribution in [-0.2, 0) is 9.53 Å². The van der Waals surface area contributed by atoms with E-state index in [1.807, 2.05) is 6.92 Å². The quantitative estimate of drug-likeness (QED) is 0.613. The van der Waals surface area contributed by atoms with Gasteiger partial charge in [0.2, 0.25) is 0 Å². The Bertz CT molecular complexity index is 180. The van der Waals surface area contributed by atoms with Crippen LogP contribution in [0.5, 0.6) is 0 Å². The Morgan fingerprint density at radius 3 is 2.85 bits per heavy atom. The summed E-state index contributed by atoms with van der Waals surface area (Å²) in [5.74, 6) is -0.263. The van der Waals surface area contributed by atoms with Crippen LogP contribution in [0.3, 0.4) is 0 Å². The first-order chi connectivity index (χ1) is 6.15. The van der Waals surface area contributed by atoms with Crippen LogP contribution < -0.4 is 0 Å². The third-order valence-corrected chi connectivity index (χ3v) is 2.46. The molecule has 1 aliphatic rings. The number of hydrogen-bond acceptors (Lipinski definition) is 4. The summed E-state index contributed by atoms with van der Waals surface area (Å²) in [5.41, 5.74) is 0. The molecule has 4 nitrogen and oxygen atoms in total. The van der Waals surface area contributed by atoms with Crippen LogP contribution in [0.15, 0.2) is 0 Å². The fourth-order valence-corrected chi connectivity index (χ4v) is 1.53. The first-order valence-corrected chi connectivity index (χ1v) is 4.63. The maximum atomic E-state index is 10.8. The molecule has 0 spiro atoms. The maximum absolute atomic E-state index is 10.8. The van der Waals surface area contributed by atoms with Gasteiger partial charge >= 0.3 is 5.97 Å². The minimum atomic E-state index is -0.640. The second-order valence-corrected chi connectivity index (χ2v) is 3.55. The molecule has 1 rings (SSSR count). The van der Waals surface area contributed by atoms with E-state index in [0.29, 0.717) is 19.3 Å². The van der Waals surface area contributed by atoms with Crippen molar-refractivity contribution in [3.63, 3.8) is 0 Å². The lowest BCUT2D eigenvalue weighted by Crippen LogP contribution is -2.32. The van der Waals surface area contributed by atoms with Gasteiger partial charge in [0.05, 0.1) is 6.10 Å². The van der Waals surface area contributed by atoms with Crippen molar-refractivity contribution in [2.24, 2.45) is 5.92 Å². The lowest BCUT2D eigenvalue weighted by atomic mass is 9.95. The molecule has 0 saturated carbocycles. The number of carbonyl (C=O) groups excluding carboxylic acids is 1. The molecule has 4 heteroatoms. The number of hydrogen-bond donors (Lipinski definition) is 2. The zero-order chi connectivity index (χ0) is 9.84. The zero-order valence-electron chi connectivity index (χ0n) is 7.77. The number of rotatable bonds is 4. The van der Waals surface area contributed by atoms with Gasteiger partial charge < -0.3 is 14.9 Å². The summed E-state index contributed by atoms with van der Waals surface area (Å²) < 4.78 is 4.92. The van der Waals surface area contributed by atoms with Crippen molar-refractivity contribution >= 4 is 5.97 Å². The molecule has 0 aromatic carbocycles. The Morgan fingerprint density at radius 1 is 1.69 bits per heavy atom. The molecule has 0 radical (unpaired) electrons. The predicted molar refractivity (Wildman–Crippen MR) is 46.0 cm³/mol. The van der Waals surface area contributed by atoms with Gasteiger partial charge in [-0.25, -0.2) is 0 Å². The number of aliphatic hydroxyl groups is 2. The van der Waals surface area contributed by atoms with Gasteiger partial charge in [0, 0.05) is 13.0 Å². The van der Waals surface area contributed by atoms with E-state index < -0.39 is 6.10 Å². The van der Waals surface area contributed by atoms with Crippen molar-refractivity contribution in [1.82, 2.24) is 0 Å². The second kappa shape index (κ2) is 4.58. The Labute approximate surface area is 77.5 Å². The van der Waals surface area contributed by atoms with Crippen LogP contribution in [0.4, 0.5) is 0 Å². The first-order valence-electron chi connectivity index (χ1n) is 4.63. The molecular weight excluding hydrogens is 172 g/mol. The SMILES string of the molecule is CC(CCO)C(O)C1CCC(=O)O1. The van der Waals surface area contributed by atoms with Crippen molar-refractivity contribution < 1.29 is 19.7 Å². The minimum Gasteiger partial charge on any atom is -0.460 e. The van der Waals surface area contributed by atoms with Gasteiger partial charge in [0.15, 0.2) is 0 Å². The van der Waals surface area contributed by atoms with Crippen LogP contribution in [0.25, 0.3) is 0 Å². The summed E-state index contributed by atoms with van der Waals surface area (Å²) >= 11 is 0. The lowest BCUT2D eigenvalue weighted by molar-refractivity contribution is -0.146. The summed E-state index contributed by atoms with van der Waals surface area (Å²) in [4.78, 5) is 10.8. The Balaban J connectivity index is 2.38. The third kappa shape index (κ3) is 2.67. The zero-order valence-corrected chi connectivity index (χ0v) is 7.77. The van der Waals surface area contributed by atoms with Gasteiger partial charge in [-0.15, -0.1) is 0 Å². The van der Waals surface area contributed by atoms with E-state index in [-0.39, 0.29) is 24.6 Å². The monoisotopic (exact) mass is 188 g/mol. The van der Waals surface area contributed by atoms with E-state index in [1.165, 1.54) is 0 Å². The van der Waals surface area contributed by atoms with Crippen molar-refractivity contribution in [3.05, 3.63) is 0 Å². The molecule has 0 aliphatic carbocycles. The highest BCUT2D eigenvalue weighted by Crippen LogP contribution is 2.22. The molecule has 1 saturated heterocycles. The predicted octanol–water partition coefficient (Wildman–Crippen LogP) is 0.0714. The van der Waals surface area contributed by atoms with Gasteiger partial charge in [0.25, 0.3) is 0 Å². The maximum Gasteiger partial charge on any atom is 0.306 e. The fraction of sp³-hybridized carbons (Fsp3) is 0.889. The molecule has 1 aliphatic heterocycles. The molecule has 1 heterocycles.